The lowest BCUT2D eigenvalue weighted by Crippen LogP contribution is -2.49. The van der Waals surface area contributed by atoms with Crippen LogP contribution in [0.4, 0.5) is 30.7 Å². The van der Waals surface area contributed by atoms with E-state index in [0.29, 0.717) is 34.5 Å². The summed E-state index contributed by atoms with van der Waals surface area (Å²) in [6.07, 6.45) is 0.854. The van der Waals surface area contributed by atoms with Crippen molar-refractivity contribution in [2.75, 3.05) is 0 Å². The van der Waals surface area contributed by atoms with Crippen molar-refractivity contribution in [2.24, 2.45) is 5.92 Å². The minimum absolute atomic E-state index is 0.0690. The Bertz CT molecular complexity index is 1270. The number of alkyl halides is 7. The van der Waals surface area contributed by atoms with Crippen LogP contribution < -0.4 is 14.2 Å². The Morgan fingerprint density at radius 3 is 2.20 bits per heavy atom. The zero-order valence-electron chi connectivity index (χ0n) is 20.8. The molecule has 1 saturated carbocycles. The van der Waals surface area contributed by atoms with Gasteiger partial charge >= 0.3 is 19.4 Å². The Labute approximate surface area is 228 Å². The number of thiazole rings is 1. The number of hydrogen-bond donors (Lipinski definition) is 1. The summed E-state index contributed by atoms with van der Waals surface area (Å²) < 4.78 is 104. The Kier molecular flexibility index (Phi) is 9.08. The molecule has 1 fully saturated rings. The van der Waals surface area contributed by atoms with Crippen LogP contribution in [0.1, 0.15) is 59.0 Å². The molecular formula is C26H25F7N2O4S. The van der Waals surface area contributed by atoms with Crippen molar-refractivity contribution in [1.29, 1.82) is 0 Å². The van der Waals surface area contributed by atoms with Crippen molar-refractivity contribution in [3.63, 3.8) is 0 Å². The first kappa shape index (κ1) is 29.8. The molecule has 0 bridgehead atoms. The van der Waals surface area contributed by atoms with E-state index in [2.05, 4.69) is 14.5 Å². The third-order valence-electron chi connectivity index (χ3n) is 6.93. The largest absolute Gasteiger partial charge is 0.619 e. The van der Waals surface area contributed by atoms with Gasteiger partial charge in [0.15, 0.2) is 23.9 Å². The second-order valence-corrected chi connectivity index (χ2v) is 10.5. The number of aliphatic hydroxyl groups is 1. The molecule has 0 spiro atoms. The lowest BCUT2D eigenvalue weighted by atomic mass is 9.76. The van der Waals surface area contributed by atoms with Crippen LogP contribution in [0.25, 0.3) is 0 Å². The van der Waals surface area contributed by atoms with Crippen molar-refractivity contribution in [1.82, 2.24) is 4.98 Å². The van der Waals surface area contributed by atoms with Gasteiger partial charge in [-0.3, -0.25) is 0 Å². The number of benzene rings is 1. The number of halogens is 7. The molecule has 2 atom stereocenters. The van der Waals surface area contributed by atoms with E-state index < -0.39 is 53.3 Å². The molecule has 2 aromatic heterocycles. The van der Waals surface area contributed by atoms with Gasteiger partial charge in [0.1, 0.15) is 5.01 Å². The molecule has 14 heteroatoms. The summed E-state index contributed by atoms with van der Waals surface area (Å²) in [5, 5.41) is 22.0. The highest BCUT2D eigenvalue weighted by molar-refractivity contribution is 7.11. The van der Waals surface area contributed by atoms with Gasteiger partial charge in [0.05, 0.1) is 0 Å². The highest BCUT2D eigenvalue weighted by Crippen LogP contribution is 2.51. The van der Waals surface area contributed by atoms with E-state index in [4.69, 9.17) is 0 Å². The molecule has 0 saturated heterocycles. The first-order valence-electron chi connectivity index (χ1n) is 12.3. The minimum Gasteiger partial charge on any atom is -0.619 e. The van der Waals surface area contributed by atoms with Gasteiger partial charge in [-0.25, -0.2) is 4.98 Å². The molecule has 0 aliphatic heterocycles. The monoisotopic (exact) mass is 594 g/mol. The lowest BCUT2D eigenvalue weighted by Gasteiger charge is -2.38. The van der Waals surface area contributed by atoms with E-state index in [1.807, 2.05) is 0 Å². The molecule has 1 N–H and O–H groups in total. The summed E-state index contributed by atoms with van der Waals surface area (Å²) >= 11 is 0.632. The molecule has 1 aliphatic carbocycles. The van der Waals surface area contributed by atoms with Crippen LogP contribution in [0.3, 0.4) is 0 Å². The van der Waals surface area contributed by atoms with Crippen molar-refractivity contribution >= 4 is 11.3 Å². The predicted molar refractivity (Wildman–Crippen MR) is 129 cm³/mol. The summed E-state index contributed by atoms with van der Waals surface area (Å²) in [4.78, 5) is 4.23. The Balaban J connectivity index is 1.79. The predicted octanol–water partition coefficient (Wildman–Crippen LogP) is 6.68. The Hall–Kier alpha value is -3.13. The number of ether oxygens (including phenoxy) is 2. The van der Waals surface area contributed by atoms with Gasteiger partial charge < -0.3 is 19.8 Å². The Morgan fingerprint density at radius 1 is 0.975 bits per heavy atom. The van der Waals surface area contributed by atoms with Crippen LogP contribution in [-0.4, -0.2) is 29.5 Å². The molecule has 3 aromatic rings. The average Bonchev–Trinajstić information content (AvgIpc) is 3.38. The molecule has 2 unspecified atom stereocenters. The molecule has 6 nitrogen and oxygen atoms in total. The summed E-state index contributed by atoms with van der Waals surface area (Å²) in [5.41, 5.74) is -2.39. The first-order valence-corrected chi connectivity index (χ1v) is 13.2. The van der Waals surface area contributed by atoms with Gasteiger partial charge in [0.25, 0.3) is 0 Å². The van der Waals surface area contributed by atoms with E-state index in [1.54, 1.807) is 0 Å². The van der Waals surface area contributed by atoms with E-state index in [1.165, 1.54) is 36.8 Å². The lowest BCUT2D eigenvalue weighted by molar-refractivity contribution is -0.605. The smallest absolute Gasteiger partial charge is 0.424 e. The molecule has 0 amide bonds. The maximum Gasteiger partial charge on any atom is 0.424 e. The molecule has 1 aliphatic rings. The number of hydrogen-bond acceptors (Lipinski definition) is 6. The van der Waals surface area contributed by atoms with Gasteiger partial charge in [0.2, 0.25) is 5.60 Å². The summed E-state index contributed by atoms with van der Waals surface area (Å²) in [5.74, 6) is -3.27. The first-order chi connectivity index (χ1) is 18.9. The third kappa shape index (κ3) is 6.60. The van der Waals surface area contributed by atoms with E-state index in [9.17, 15) is 41.0 Å². The fraction of sp³-hybridized carbons (Fsp3) is 0.462. The molecule has 1 aromatic carbocycles. The van der Waals surface area contributed by atoms with Crippen LogP contribution in [0, 0.1) is 11.1 Å². The number of rotatable bonds is 10. The minimum atomic E-state index is -5.01. The van der Waals surface area contributed by atoms with Gasteiger partial charge in [-0.15, -0.1) is 11.3 Å². The second-order valence-electron chi connectivity index (χ2n) is 9.45. The molecule has 4 rings (SSSR count). The summed E-state index contributed by atoms with van der Waals surface area (Å²) in [7, 11) is 0. The second kappa shape index (κ2) is 12.2. The van der Waals surface area contributed by atoms with E-state index in [-0.39, 0.29) is 29.7 Å². The average molecular weight is 595 g/mol. The molecule has 2 heterocycles. The van der Waals surface area contributed by atoms with Crippen molar-refractivity contribution in [3.05, 3.63) is 75.1 Å². The number of pyridine rings is 1. The van der Waals surface area contributed by atoms with Crippen LogP contribution in [0.5, 0.6) is 11.5 Å². The number of aromatic nitrogens is 2. The molecule has 0 radical (unpaired) electrons. The standard InChI is InChI=1S/C26H25F7N2O4S/c27-23(28)38-19-7-6-16(13-20(19)39-24(29)30)18(12-15-8-10-35(37)11-9-15)21-14-34-22(40-21)25(36,26(31,32)33)17-4-2-1-3-5-17/h6-11,13-14,17-18,23-24,36H,1-5,12H2. The van der Waals surface area contributed by atoms with Gasteiger partial charge in [-0.05, 0) is 42.5 Å². The van der Waals surface area contributed by atoms with E-state index >= 15 is 0 Å². The quantitative estimate of drug-likeness (QED) is 0.161. The SMILES string of the molecule is [O-][n+]1ccc(CC(c2ccc(OC(F)F)c(OC(F)F)c2)c2cnc(C(O)(C3CCCCC3)C(F)(F)F)s2)cc1. The zero-order valence-corrected chi connectivity index (χ0v) is 21.6. The molecule has 40 heavy (non-hydrogen) atoms. The van der Waals surface area contributed by atoms with Crippen molar-refractivity contribution in [2.45, 2.75) is 69.4 Å². The van der Waals surface area contributed by atoms with Crippen LogP contribution in [-0.2, 0) is 12.0 Å². The van der Waals surface area contributed by atoms with Gasteiger partial charge in [-0.1, -0.05) is 25.3 Å². The highest BCUT2D eigenvalue weighted by Gasteiger charge is 2.61. The van der Waals surface area contributed by atoms with Crippen LogP contribution >= 0.6 is 11.3 Å². The normalized spacial score (nSPS) is 17.1. The van der Waals surface area contributed by atoms with Crippen molar-refractivity contribution in [3.8, 4) is 11.5 Å². The van der Waals surface area contributed by atoms with Crippen LogP contribution in [0.2, 0.25) is 0 Å². The fourth-order valence-electron chi connectivity index (χ4n) is 4.99. The summed E-state index contributed by atoms with van der Waals surface area (Å²) in [6.45, 7) is -6.70. The van der Waals surface area contributed by atoms with Gasteiger partial charge in [-0.2, -0.15) is 35.5 Å². The zero-order chi connectivity index (χ0) is 29.1. The van der Waals surface area contributed by atoms with Crippen molar-refractivity contribution < 1.29 is 50.0 Å². The van der Waals surface area contributed by atoms with E-state index in [0.717, 1.165) is 18.6 Å². The summed E-state index contributed by atoms with van der Waals surface area (Å²) in [6, 6.07) is 6.29. The third-order valence-corrected chi connectivity index (χ3v) is 8.17. The van der Waals surface area contributed by atoms with Crippen LogP contribution in [0.15, 0.2) is 48.9 Å². The topological polar surface area (TPSA) is 78.5 Å². The molecule has 218 valence electrons. The fourth-order valence-corrected chi connectivity index (χ4v) is 6.23. The Morgan fingerprint density at radius 2 is 1.60 bits per heavy atom. The highest BCUT2D eigenvalue weighted by atomic mass is 32.1. The maximum absolute atomic E-state index is 14.3. The number of nitrogens with zero attached hydrogens (tertiary/aromatic N) is 2. The molecular weight excluding hydrogens is 569 g/mol. The van der Waals surface area contributed by atoms with Gasteiger partial charge in [0, 0.05) is 35.0 Å². The maximum atomic E-state index is 14.3.